The standard InChI is InChI=1S/C8H8F3NO3S/c1-15-12-16(13,14)7-5-3-2-4-6(7)8(9,10)11/h2-5,12H,1H3. The van der Waals surface area contributed by atoms with Gasteiger partial charge in [-0.2, -0.15) is 13.2 Å². The zero-order valence-electron chi connectivity index (χ0n) is 8.08. The lowest BCUT2D eigenvalue weighted by atomic mass is 10.2. The van der Waals surface area contributed by atoms with E-state index in [2.05, 4.69) is 4.84 Å². The van der Waals surface area contributed by atoms with Crippen molar-refractivity contribution >= 4 is 10.0 Å². The molecule has 90 valence electrons. The maximum Gasteiger partial charge on any atom is 0.417 e. The van der Waals surface area contributed by atoms with E-state index in [-0.39, 0.29) is 0 Å². The van der Waals surface area contributed by atoms with Gasteiger partial charge in [0.05, 0.1) is 17.6 Å². The van der Waals surface area contributed by atoms with Gasteiger partial charge in [-0.15, -0.1) is 0 Å². The van der Waals surface area contributed by atoms with Crippen molar-refractivity contribution in [1.29, 1.82) is 0 Å². The van der Waals surface area contributed by atoms with Crippen LogP contribution in [-0.2, 0) is 21.0 Å². The van der Waals surface area contributed by atoms with E-state index in [4.69, 9.17) is 0 Å². The molecule has 0 saturated carbocycles. The summed E-state index contributed by atoms with van der Waals surface area (Å²) in [6.07, 6.45) is -4.74. The number of halogens is 3. The van der Waals surface area contributed by atoms with Crippen LogP contribution >= 0.6 is 0 Å². The minimum atomic E-state index is -4.74. The molecular formula is C8H8F3NO3S. The highest BCUT2D eigenvalue weighted by molar-refractivity contribution is 7.89. The molecule has 0 amide bonds. The molecule has 1 rings (SSSR count). The highest BCUT2D eigenvalue weighted by Crippen LogP contribution is 2.33. The van der Waals surface area contributed by atoms with Crippen LogP contribution in [0.2, 0.25) is 0 Å². The van der Waals surface area contributed by atoms with Gasteiger partial charge in [0.15, 0.2) is 0 Å². The smallest absolute Gasteiger partial charge is 0.290 e. The van der Waals surface area contributed by atoms with Gasteiger partial charge in [0.2, 0.25) is 0 Å². The van der Waals surface area contributed by atoms with E-state index < -0.39 is 26.7 Å². The molecule has 0 atom stereocenters. The average molecular weight is 255 g/mol. The van der Waals surface area contributed by atoms with Crippen LogP contribution in [0.4, 0.5) is 13.2 Å². The van der Waals surface area contributed by atoms with Crippen molar-refractivity contribution in [2.75, 3.05) is 7.11 Å². The summed E-state index contributed by atoms with van der Waals surface area (Å²) >= 11 is 0. The van der Waals surface area contributed by atoms with Crippen LogP contribution in [0, 0.1) is 0 Å². The summed E-state index contributed by atoms with van der Waals surface area (Å²) in [6.45, 7) is 0. The lowest BCUT2D eigenvalue weighted by Gasteiger charge is -2.12. The Bertz CT molecular complexity index is 470. The van der Waals surface area contributed by atoms with E-state index in [1.807, 2.05) is 0 Å². The Morgan fingerprint density at radius 3 is 2.31 bits per heavy atom. The van der Waals surface area contributed by atoms with E-state index in [1.165, 1.54) is 11.0 Å². The number of rotatable bonds is 3. The van der Waals surface area contributed by atoms with Crippen molar-refractivity contribution in [2.24, 2.45) is 0 Å². The van der Waals surface area contributed by atoms with E-state index in [1.54, 1.807) is 0 Å². The highest BCUT2D eigenvalue weighted by Gasteiger charge is 2.36. The number of sulfonamides is 1. The van der Waals surface area contributed by atoms with Crippen LogP contribution in [0.3, 0.4) is 0 Å². The molecule has 0 radical (unpaired) electrons. The van der Waals surface area contributed by atoms with Crippen LogP contribution < -0.4 is 4.89 Å². The highest BCUT2D eigenvalue weighted by atomic mass is 32.2. The fraction of sp³-hybridized carbons (Fsp3) is 0.250. The largest absolute Gasteiger partial charge is 0.417 e. The molecule has 0 aliphatic heterocycles. The quantitative estimate of drug-likeness (QED) is 0.833. The molecule has 1 aromatic carbocycles. The van der Waals surface area contributed by atoms with E-state index in [0.29, 0.717) is 6.07 Å². The minimum absolute atomic E-state index is 0.685. The SMILES string of the molecule is CONS(=O)(=O)c1ccccc1C(F)(F)F. The summed E-state index contributed by atoms with van der Waals surface area (Å²) in [4.78, 5) is 4.78. The monoisotopic (exact) mass is 255 g/mol. The van der Waals surface area contributed by atoms with Gasteiger partial charge in [-0.05, 0) is 12.1 Å². The molecule has 4 nitrogen and oxygen atoms in total. The predicted octanol–water partition coefficient (Wildman–Crippen LogP) is 1.55. The lowest BCUT2D eigenvalue weighted by molar-refractivity contribution is -0.139. The molecule has 0 fully saturated rings. The number of alkyl halides is 3. The first-order valence-electron chi connectivity index (χ1n) is 4.00. The summed E-state index contributed by atoms with van der Waals surface area (Å²) in [5.41, 5.74) is -1.24. The number of nitrogens with one attached hydrogen (secondary N) is 1. The minimum Gasteiger partial charge on any atom is -0.290 e. The van der Waals surface area contributed by atoms with Gasteiger partial charge in [-0.3, -0.25) is 4.84 Å². The lowest BCUT2D eigenvalue weighted by Crippen LogP contribution is -2.25. The van der Waals surface area contributed by atoms with Gasteiger partial charge in [0.25, 0.3) is 10.0 Å². The molecule has 0 aromatic heterocycles. The van der Waals surface area contributed by atoms with Crippen LogP contribution in [0.25, 0.3) is 0 Å². The molecule has 0 unspecified atom stereocenters. The first kappa shape index (κ1) is 12.9. The van der Waals surface area contributed by atoms with Crippen LogP contribution in [0.15, 0.2) is 29.2 Å². The van der Waals surface area contributed by atoms with Crippen molar-refractivity contribution < 1.29 is 26.4 Å². The molecule has 16 heavy (non-hydrogen) atoms. The average Bonchev–Trinajstić information content (AvgIpc) is 2.16. The summed E-state index contributed by atoms with van der Waals surface area (Å²) in [5, 5.41) is 0. The molecule has 0 aliphatic rings. The van der Waals surface area contributed by atoms with E-state index in [0.717, 1.165) is 19.2 Å². The predicted molar refractivity (Wildman–Crippen MR) is 48.8 cm³/mol. The normalized spacial score (nSPS) is 12.8. The summed E-state index contributed by atoms with van der Waals surface area (Å²) in [5.74, 6) is 0. The molecule has 8 heteroatoms. The third-order valence-corrected chi connectivity index (χ3v) is 3.00. The van der Waals surface area contributed by atoms with Gasteiger partial charge in [-0.25, -0.2) is 8.42 Å². The van der Waals surface area contributed by atoms with Crippen LogP contribution in [0.1, 0.15) is 5.56 Å². The van der Waals surface area contributed by atoms with Crippen molar-refractivity contribution in [3.63, 3.8) is 0 Å². The van der Waals surface area contributed by atoms with Crippen molar-refractivity contribution in [3.05, 3.63) is 29.8 Å². The van der Waals surface area contributed by atoms with Gasteiger partial charge < -0.3 is 0 Å². The fourth-order valence-corrected chi connectivity index (χ4v) is 2.13. The number of hydrogen-bond donors (Lipinski definition) is 1. The molecule has 0 aliphatic carbocycles. The molecule has 0 saturated heterocycles. The molecule has 1 N–H and O–H groups in total. The maximum atomic E-state index is 12.5. The van der Waals surface area contributed by atoms with Crippen molar-refractivity contribution in [2.45, 2.75) is 11.1 Å². The Kier molecular flexibility index (Phi) is 3.56. The molecular weight excluding hydrogens is 247 g/mol. The van der Waals surface area contributed by atoms with E-state index in [9.17, 15) is 21.6 Å². The van der Waals surface area contributed by atoms with Crippen molar-refractivity contribution in [3.8, 4) is 0 Å². The van der Waals surface area contributed by atoms with E-state index >= 15 is 0 Å². The topological polar surface area (TPSA) is 55.4 Å². The molecule has 1 aromatic rings. The Morgan fingerprint density at radius 1 is 1.25 bits per heavy atom. The van der Waals surface area contributed by atoms with Gasteiger partial charge in [0.1, 0.15) is 0 Å². The Morgan fingerprint density at radius 2 is 1.81 bits per heavy atom. The van der Waals surface area contributed by atoms with Crippen LogP contribution in [0.5, 0.6) is 0 Å². The van der Waals surface area contributed by atoms with Crippen LogP contribution in [-0.4, -0.2) is 15.5 Å². The zero-order valence-corrected chi connectivity index (χ0v) is 8.89. The molecule has 0 heterocycles. The number of hydrogen-bond acceptors (Lipinski definition) is 3. The zero-order chi connectivity index (χ0) is 12.4. The third-order valence-electron chi connectivity index (χ3n) is 1.68. The Labute approximate surface area is 90.0 Å². The third kappa shape index (κ3) is 2.71. The second-order valence-electron chi connectivity index (χ2n) is 2.78. The van der Waals surface area contributed by atoms with Gasteiger partial charge >= 0.3 is 6.18 Å². The van der Waals surface area contributed by atoms with Gasteiger partial charge in [-0.1, -0.05) is 17.0 Å². The number of benzene rings is 1. The molecule has 0 spiro atoms. The second kappa shape index (κ2) is 4.40. The van der Waals surface area contributed by atoms with Crippen molar-refractivity contribution in [1.82, 2.24) is 4.89 Å². The fourth-order valence-electron chi connectivity index (χ4n) is 1.09. The summed E-state index contributed by atoms with van der Waals surface area (Å²) in [7, 11) is -3.32. The maximum absolute atomic E-state index is 12.5. The summed E-state index contributed by atoms with van der Waals surface area (Å²) < 4.78 is 60.2. The van der Waals surface area contributed by atoms with Gasteiger partial charge in [0, 0.05) is 0 Å². The Hall–Kier alpha value is -1.12. The Balaban J connectivity index is 3.35. The first-order valence-corrected chi connectivity index (χ1v) is 5.48. The molecule has 0 bridgehead atoms. The first-order chi connectivity index (χ1) is 7.29. The second-order valence-corrected chi connectivity index (χ2v) is 4.40. The summed E-state index contributed by atoms with van der Waals surface area (Å²) in [6, 6.07) is 3.84.